The number of rotatable bonds is 6. The molecule has 1 unspecified atom stereocenters. The van der Waals surface area contributed by atoms with Gasteiger partial charge in [0.05, 0.1) is 4.92 Å². The quantitative estimate of drug-likeness (QED) is 0.609. The molecule has 1 atom stereocenters. The van der Waals surface area contributed by atoms with E-state index in [1.807, 2.05) is 0 Å². The number of hydrogen-bond acceptors (Lipinski definition) is 5. The number of ether oxygens (including phenoxy) is 1. The van der Waals surface area contributed by atoms with Crippen LogP contribution >= 0.6 is 24.0 Å². The van der Waals surface area contributed by atoms with Crippen LogP contribution in [0, 0.1) is 10.1 Å². The maximum absolute atomic E-state index is 11.6. The van der Waals surface area contributed by atoms with Crippen LogP contribution in [-0.2, 0) is 4.79 Å². The smallest absolute Gasteiger partial charge is 0.312 e. The summed E-state index contributed by atoms with van der Waals surface area (Å²) in [4.78, 5) is 21.8. The molecule has 20 heavy (non-hydrogen) atoms. The van der Waals surface area contributed by atoms with Crippen molar-refractivity contribution in [2.75, 3.05) is 13.1 Å². The van der Waals surface area contributed by atoms with Gasteiger partial charge < -0.3 is 15.8 Å². The summed E-state index contributed by atoms with van der Waals surface area (Å²) in [6.07, 6.45) is -0.869. The average molecular weight is 324 g/mol. The Balaban J connectivity index is 0.00000361. The molecular formula is C11H15Cl2N3O4. The van der Waals surface area contributed by atoms with Gasteiger partial charge in [0, 0.05) is 24.2 Å². The summed E-state index contributed by atoms with van der Waals surface area (Å²) in [6.45, 7) is 2.11. The fourth-order valence-electron chi connectivity index (χ4n) is 1.32. The van der Waals surface area contributed by atoms with Gasteiger partial charge in [-0.1, -0.05) is 11.6 Å². The Kier molecular flexibility index (Phi) is 7.90. The second-order valence-corrected chi connectivity index (χ2v) is 4.15. The van der Waals surface area contributed by atoms with Crippen LogP contribution in [0.1, 0.15) is 6.92 Å². The highest BCUT2D eigenvalue weighted by molar-refractivity contribution is 6.30. The van der Waals surface area contributed by atoms with E-state index in [-0.39, 0.29) is 28.9 Å². The van der Waals surface area contributed by atoms with Gasteiger partial charge in [0.2, 0.25) is 0 Å². The minimum Gasteiger partial charge on any atom is -0.474 e. The predicted octanol–water partition coefficient (Wildman–Crippen LogP) is 1.51. The standard InChI is InChI=1S/C11H14ClN3O4.ClH/c1-7(11(16)14-5-4-13)19-10-3-2-8(12)6-9(10)15(17)18;/h2-3,6-7H,4-5,13H2,1H3,(H,14,16);1H. The molecule has 0 aliphatic carbocycles. The molecule has 0 aliphatic heterocycles. The first kappa shape index (κ1) is 18.4. The number of hydrogen-bond donors (Lipinski definition) is 2. The first-order chi connectivity index (χ1) is 8.95. The lowest BCUT2D eigenvalue weighted by Gasteiger charge is -2.14. The number of nitro groups is 1. The highest BCUT2D eigenvalue weighted by Gasteiger charge is 2.21. The predicted molar refractivity (Wildman–Crippen MR) is 77.5 cm³/mol. The van der Waals surface area contributed by atoms with Crippen LogP contribution < -0.4 is 15.8 Å². The van der Waals surface area contributed by atoms with Crippen molar-refractivity contribution in [1.82, 2.24) is 5.32 Å². The molecule has 3 N–H and O–H groups in total. The summed E-state index contributed by atoms with van der Waals surface area (Å²) in [5.74, 6) is -0.403. The van der Waals surface area contributed by atoms with Gasteiger partial charge in [0.1, 0.15) is 0 Å². The van der Waals surface area contributed by atoms with Crippen molar-refractivity contribution in [2.45, 2.75) is 13.0 Å². The van der Waals surface area contributed by atoms with E-state index in [1.165, 1.54) is 25.1 Å². The van der Waals surface area contributed by atoms with Crippen LogP contribution in [0.15, 0.2) is 18.2 Å². The summed E-state index contributed by atoms with van der Waals surface area (Å²) in [7, 11) is 0. The minimum absolute atomic E-state index is 0. The third-order valence-corrected chi connectivity index (χ3v) is 2.47. The molecule has 1 rings (SSSR count). The highest BCUT2D eigenvalue weighted by Crippen LogP contribution is 2.30. The topological polar surface area (TPSA) is 107 Å². The highest BCUT2D eigenvalue weighted by atomic mass is 35.5. The first-order valence-electron chi connectivity index (χ1n) is 5.54. The monoisotopic (exact) mass is 323 g/mol. The van der Waals surface area contributed by atoms with E-state index < -0.39 is 16.9 Å². The van der Waals surface area contributed by atoms with Gasteiger partial charge >= 0.3 is 5.69 Å². The Morgan fingerprint density at radius 3 is 2.80 bits per heavy atom. The van der Waals surface area contributed by atoms with Crippen LogP contribution in [0.5, 0.6) is 5.75 Å². The molecular weight excluding hydrogens is 309 g/mol. The van der Waals surface area contributed by atoms with Gasteiger partial charge in [-0.25, -0.2) is 0 Å². The first-order valence-corrected chi connectivity index (χ1v) is 5.92. The van der Waals surface area contributed by atoms with Crippen LogP contribution in [0.2, 0.25) is 5.02 Å². The zero-order valence-corrected chi connectivity index (χ0v) is 12.2. The molecule has 0 aromatic heterocycles. The third-order valence-electron chi connectivity index (χ3n) is 2.23. The van der Waals surface area contributed by atoms with Crippen molar-refractivity contribution in [3.05, 3.63) is 33.3 Å². The number of nitrogens with two attached hydrogens (primary N) is 1. The summed E-state index contributed by atoms with van der Waals surface area (Å²) < 4.78 is 5.27. The summed E-state index contributed by atoms with van der Waals surface area (Å²) >= 11 is 5.68. The second-order valence-electron chi connectivity index (χ2n) is 3.71. The fraction of sp³-hybridized carbons (Fsp3) is 0.364. The minimum atomic E-state index is -0.869. The molecule has 1 amide bonds. The maximum atomic E-state index is 11.6. The van der Waals surface area contributed by atoms with E-state index in [0.717, 1.165) is 0 Å². The van der Waals surface area contributed by atoms with Crippen molar-refractivity contribution < 1.29 is 14.5 Å². The van der Waals surface area contributed by atoms with E-state index >= 15 is 0 Å². The lowest BCUT2D eigenvalue weighted by molar-refractivity contribution is -0.386. The number of amides is 1. The summed E-state index contributed by atoms with van der Waals surface area (Å²) in [5.41, 5.74) is 4.96. The molecule has 112 valence electrons. The summed E-state index contributed by atoms with van der Waals surface area (Å²) in [5, 5.41) is 13.6. The third kappa shape index (κ3) is 5.20. The van der Waals surface area contributed by atoms with Gasteiger partial charge in [-0.2, -0.15) is 0 Å². The van der Waals surface area contributed by atoms with Gasteiger partial charge in [0.25, 0.3) is 5.91 Å². The SMILES string of the molecule is CC(Oc1ccc(Cl)cc1[N+](=O)[O-])C(=O)NCCN.Cl. The largest absolute Gasteiger partial charge is 0.474 e. The van der Waals surface area contributed by atoms with Gasteiger partial charge in [-0.3, -0.25) is 14.9 Å². The number of halogens is 2. The van der Waals surface area contributed by atoms with Crippen LogP contribution in [0.3, 0.4) is 0 Å². The van der Waals surface area contributed by atoms with E-state index in [0.29, 0.717) is 13.1 Å². The zero-order valence-electron chi connectivity index (χ0n) is 10.7. The zero-order chi connectivity index (χ0) is 14.4. The molecule has 9 heteroatoms. The lowest BCUT2D eigenvalue weighted by Crippen LogP contribution is -2.38. The Morgan fingerprint density at radius 2 is 2.25 bits per heavy atom. The van der Waals surface area contributed by atoms with Crippen LogP contribution in [0.25, 0.3) is 0 Å². The Labute approximate surface area is 127 Å². The Bertz CT molecular complexity index is 485. The molecule has 0 saturated heterocycles. The van der Waals surface area contributed by atoms with Gasteiger partial charge in [-0.05, 0) is 19.1 Å². The molecule has 0 bridgehead atoms. The van der Waals surface area contributed by atoms with Gasteiger partial charge in [0.15, 0.2) is 11.9 Å². The molecule has 7 nitrogen and oxygen atoms in total. The lowest BCUT2D eigenvalue weighted by atomic mass is 10.3. The Hall–Kier alpha value is -1.57. The van der Waals surface area contributed by atoms with Crippen molar-refractivity contribution in [3.8, 4) is 5.75 Å². The number of carbonyl (C=O) groups excluding carboxylic acids is 1. The van der Waals surface area contributed by atoms with E-state index in [9.17, 15) is 14.9 Å². The Morgan fingerprint density at radius 1 is 1.60 bits per heavy atom. The summed E-state index contributed by atoms with van der Waals surface area (Å²) in [6, 6.07) is 3.98. The van der Waals surface area contributed by atoms with E-state index in [2.05, 4.69) is 5.32 Å². The molecule has 1 aromatic carbocycles. The van der Waals surface area contributed by atoms with Gasteiger partial charge in [-0.15, -0.1) is 12.4 Å². The molecule has 1 aromatic rings. The average Bonchev–Trinajstić information content (AvgIpc) is 2.37. The number of nitrogens with zero attached hydrogens (tertiary/aromatic N) is 1. The fourth-order valence-corrected chi connectivity index (χ4v) is 1.48. The van der Waals surface area contributed by atoms with Crippen molar-refractivity contribution in [2.24, 2.45) is 5.73 Å². The van der Waals surface area contributed by atoms with Crippen LogP contribution in [-0.4, -0.2) is 30.0 Å². The van der Waals surface area contributed by atoms with E-state index in [1.54, 1.807) is 0 Å². The maximum Gasteiger partial charge on any atom is 0.312 e. The number of nitro benzene ring substituents is 1. The van der Waals surface area contributed by atoms with Crippen LogP contribution in [0.4, 0.5) is 5.69 Å². The molecule has 0 aliphatic rings. The number of carbonyl (C=O) groups is 1. The molecule has 0 fully saturated rings. The normalized spacial score (nSPS) is 11.2. The molecule has 0 heterocycles. The number of benzene rings is 1. The van der Waals surface area contributed by atoms with Crippen molar-refractivity contribution in [1.29, 1.82) is 0 Å². The molecule has 0 radical (unpaired) electrons. The van der Waals surface area contributed by atoms with Crippen molar-refractivity contribution in [3.63, 3.8) is 0 Å². The second kappa shape index (κ2) is 8.57. The molecule has 0 spiro atoms. The number of nitrogens with one attached hydrogen (secondary N) is 1. The molecule has 0 saturated carbocycles. The van der Waals surface area contributed by atoms with E-state index in [4.69, 9.17) is 22.1 Å². The van der Waals surface area contributed by atoms with Crippen molar-refractivity contribution >= 4 is 35.6 Å².